The first-order valence-corrected chi connectivity index (χ1v) is 6.16. The minimum Gasteiger partial charge on any atom is -0.493 e. The van der Waals surface area contributed by atoms with E-state index < -0.39 is 5.97 Å². The summed E-state index contributed by atoms with van der Waals surface area (Å²) >= 11 is 0. The van der Waals surface area contributed by atoms with E-state index in [1.807, 2.05) is 12.1 Å². The van der Waals surface area contributed by atoms with Crippen LogP contribution in [0.25, 0.3) is 0 Å². The molecule has 0 spiro atoms. The molecule has 102 valence electrons. The summed E-state index contributed by atoms with van der Waals surface area (Å²) in [7, 11) is 3.19. The van der Waals surface area contributed by atoms with Crippen molar-refractivity contribution in [2.75, 3.05) is 20.8 Å². The van der Waals surface area contributed by atoms with Crippen LogP contribution in [0.4, 0.5) is 0 Å². The normalized spacial score (nSPS) is 13.5. The molecule has 5 heteroatoms. The van der Waals surface area contributed by atoms with Crippen molar-refractivity contribution in [1.29, 1.82) is 0 Å². The summed E-state index contributed by atoms with van der Waals surface area (Å²) in [5.41, 5.74) is 2.95. The van der Waals surface area contributed by atoms with E-state index in [0.717, 1.165) is 23.3 Å². The number of carboxylic acids is 1. The predicted octanol–water partition coefficient (Wildman–Crippen LogP) is 1.91. The van der Waals surface area contributed by atoms with E-state index in [2.05, 4.69) is 4.99 Å². The van der Waals surface area contributed by atoms with Crippen molar-refractivity contribution in [3.8, 4) is 11.5 Å². The van der Waals surface area contributed by atoms with Gasteiger partial charge in [0.25, 0.3) is 0 Å². The molecule has 1 heterocycles. The van der Waals surface area contributed by atoms with Crippen LogP contribution in [0.5, 0.6) is 11.5 Å². The standard InChI is InChI=1S/C14H17NO4/c1-18-12-7-9-5-6-15-11(3-4-14(16)17)10(9)8-13(12)19-2/h7-8H,3-6H2,1-2H3,(H,16,17). The van der Waals surface area contributed by atoms with E-state index in [1.54, 1.807) is 14.2 Å². The zero-order valence-electron chi connectivity index (χ0n) is 11.1. The second kappa shape index (κ2) is 5.73. The summed E-state index contributed by atoms with van der Waals surface area (Å²) < 4.78 is 10.6. The molecule has 0 atom stereocenters. The molecule has 1 aliphatic heterocycles. The highest BCUT2D eigenvalue weighted by atomic mass is 16.5. The third kappa shape index (κ3) is 2.86. The number of rotatable bonds is 5. The Labute approximate surface area is 111 Å². The van der Waals surface area contributed by atoms with Crippen molar-refractivity contribution in [2.24, 2.45) is 4.99 Å². The number of fused-ring (bicyclic) bond motifs is 1. The number of hydrogen-bond donors (Lipinski definition) is 1. The maximum atomic E-state index is 10.7. The van der Waals surface area contributed by atoms with Gasteiger partial charge in [0.1, 0.15) is 0 Å². The van der Waals surface area contributed by atoms with Gasteiger partial charge in [-0.15, -0.1) is 0 Å². The molecule has 1 aromatic rings. The average Bonchev–Trinajstić information content (AvgIpc) is 2.43. The Morgan fingerprint density at radius 3 is 2.63 bits per heavy atom. The number of hydrogen-bond acceptors (Lipinski definition) is 4. The van der Waals surface area contributed by atoms with Crippen LogP contribution in [-0.4, -0.2) is 37.6 Å². The van der Waals surface area contributed by atoms with Crippen molar-refractivity contribution in [3.05, 3.63) is 23.3 Å². The van der Waals surface area contributed by atoms with Crippen LogP contribution in [0.1, 0.15) is 24.0 Å². The van der Waals surface area contributed by atoms with E-state index in [9.17, 15) is 4.79 Å². The third-order valence-corrected chi connectivity index (χ3v) is 3.18. The minimum absolute atomic E-state index is 0.0899. The zero-order chi connectivity index (χ0) is 13.8. The van der Waals surface area contributed by atoms with E-state index in [1.165, 1.54) is 0 Å². The largest absolute Gasteiger partial charge is 0.493 e. The fraction of sp³-hybridized carbons (Fsp3) is 0.429. The van der Waals surface area contributed by atoms with Gasteiger partial charge in [-0.1, -0.05) is 0 Å². The summed E-state index contributed by atoms with van der Waals surface area (Å²) in [6.45, 7) is 0.692. The van der Waals surface area contributed by atoms with Gasteiger partial charge in [-0.25, -0.2) is 0 Å². The van der Waals surface area contributed by atoms with Gasteiger partial charge in [-0.2, -0.15) is 0 Å². The van der Waals surface area contributed by atoms with Crippen molar-refractivity contribution >= 4 is 11.7 Å². The lowest BCUT2D eigenvalue weighted by atomic mass is 9.94. The van der Waals surface area contributed by atoms with E-state index in [-0.39, 0.29) is 6.42 Å². The van der Waals surface area contributed by atoms with Gasteiger partial charge in [-0.3, -0.25) is 9.79 Å². The Kier molecular flexibility index (Phi) is 4.04. The first kappa shape index (κ1) is 13.4. The smallest absolute Gasteiger partial charge is 0.303 e. The van der Waals surface area contributed by atoms with Gasteiger partial charge < -0.3 is 14.6 Å². The fourth-order valence-electron chi connectivity index (χ4n) is 2.23. The lowest BCUT2D eigenvalue weighted by molar-refractivity contribution is -0.136. The molecule has 0 unspecified atom stereocenters. The van der Waals surface area contributed by atoms with Gasteiger partial charge in [-0.05, 0) is 24.1 Å². The monoisotopic (exact) mass is 263 g/mol. The summed E-state index contributed by atoms with van der Waals surface area (Å²) in [5, 5.41) is 8.78. The molecule has 0 aliphatic carbocycles. The maximum Gasteiger partial charge on any atom is 0.303 e. The van der Waals surface area contributed by atoms with Crippen LogP contribution in [-0.2, 0) is 11.2 Å². The molecular formula is C14H17NO4. The van der Waals surface area contributed by atoms with E-state index in [4.69, 9.17) is 14.6 Å². The second-order valence-electron chi connectivity index (χ2n) is 4.34. The number of aliphatic imine (C=N–C) groups is 1. The molecule has 5 nitrogen and oxygen atoms in total. The predicted molar refractivity (Wildman–Crippen MR) is 71.5 cm³/mol. The Bertz CT molecular complexity index is 522. The molecular weight excluding hydrogens is 246 g/mol. The Morgan fingerprint density at radius 2 is 2.00 bits per heavy atom. The van der Waals surface area contributed by atoms with E-state index >= 15 is 0 Å². The van der Waals surface area contributed by atoms with Crippen LogP contribution in [0.2, 0.25) is 0 Å². The van der Waals surface area contributed by atoms with Crippen molar-refractivity contribution in [2.45, 2.75) is 19.3 Å². The number of nitrogens with zero attached hydrogens (tertiary/aromatic N) is 1. The minimum atomic E-state index is -0.810. The van der Waals surface area contributed by atoms with Crippen LogP contribution in [0.15, 0.2) is 17.1 Å². The van der Waals surface area contributed by atoms with Gasteiger partial charge in [0, 0.05) is 24.2 Å². The summed E-state index contributed by atoms with van der Waals surface area (Å²) in [6.07, 6.45) is 1.37. The second-order valence-corrected chi connectivity index (χ2v) is 4.34. The number of ether oxygens (including phenoxy) is 2. The summed E-state index contributed by atoms with van der Waals surface area (Å²) in [6, 6.07) is 3.83. The molecule has 19 heavy (non-hydrogen) atoms. The Hall–Kier alpha value is -2.04. The SMILES string of the molecule is COc1cc2c(cc1OC)C(CCC(=O)O)=NCC2. The molecule has 0 radical (unpaired) electrons. The number of carboxylic acid groups (broad SMARTS) is 1. The van der Waals surface area contributed by atoms with Crippen molar-refractivity contribution in [3.63, 3.8) is 0 Å². The third-order valence-electron chi connectivity index (χ3n) is 3.18. The maximum absolute atomic E-state index is 10.7. The topological polar surface area (TPSA) is 68.1 Å². The molecule has 1 N–H and O–H groups in total. The van der Waals surface area contributed by atoms with Crippen LogP contribution in [0.3, 0.4) is 0 Å². The molecule has 0 amide bonds. The number of carbonyl (C=O) groups is 1. The first-order valence-electron chi connectivity index (χ1n) is 6.16. The molecule has 0 fully saturated rings. The number of aliphatic carboxylic acids is 1. The van der Waals surface area contributed by atoms with Gasteiger partial charge in [0.05, 0.1) is 20.6 Å². The Morgan fingerprint density at radius 1 is 1.32 bits per heavy atom. The molecule has 0 aromatic heterocycles. The summed E-state index contributed by atoms with van der Waals surface area (Å²) in [4.78, 5) is 15.1. The van der Waals surface area contributed by atoms with E-state index in [0.29, 0.717) is 24.5 Å². The molecule has 1 aliphatic rings. The van der Waals surface area contributed by atoms with Crippen molar-refractivity contribution < 1.29 is 19.4 Å². The van der Waals surface area contributed by atoms with Gasteiger partial charge in [0.2, 0.25) is 0 Å². The van der Waals surface area contributed by atoms with Gasteiger partial charge in [0.15, 0.2) is 11.5 Å². The molecule has 0 saturated carbocycles. The molecule has 2 rings (SSSR count). The van der Waals surface area contributed by atoms with Crippen molar-refractivity contribution in [1.82, 2.24) is 0 Å². The molecule has 0 bridgehead atoms. The number of methoxy groups -OCH3 is 2. The summed E-state index contributed by atoms with van der Waals surface area (Å²) in [5.74, 6) is 0.530. The van der Waals surface area contributed by atoms with Crippen LogP contribution in [0, 0.1) is 0 Å². The highest BCUT2D eigenvalue weighted by molar-refractivity contribution is 6.04. The lowest BCUT2D eigenvalue weighted by Gasteiger charge is -2.19. The fourth-order valence-corrected chi connectivity index (χ4v) is 2.23. The zero-order valence-corrected chi connectivity index (χ0v) is 11.1. The lowest BCUT2D eigenvalue weighted by Crippen LogP contribution is -2.15. The van der Waals surface area contributed by atoms with Crippen LogP contribution < -0.4 is 9.47 Å². The molecule has 0 saturated heterocycles. The number of benzene rings is 1. The quantitative estimate of drug-likeness (QED) is 0.881. The molecule has 1 aromatic carbocycles. The van der Waals surface area contributed by atoms with Gasteiger partial charge >= 0.3 is 5.97 Å². The highest BCUT2D eigenvalue weighted by Gasteiger charge is 2.18. The Balaban J connectivity index is 2.34. The average molecular weight is 263 g/mol. The highest BCUT2D eigenvalue weighted by Crippen LogP contribution is 2.33. The van der Waals surface area contributed by atoms with Crippen LogP contribution >= 0.6 is 0 Å². The first-order chi connectivity index (χ1) is 9.15.